The number of carbonyl (C=O) groups excluding carboxylic acids is 1. The predicted molar refractivity (Wildman–Crippen MR) is 157 cm³/mol. The smallest absolute Gasteiger partial charge is 0.260 e. The summed E-state index contributed by atoms with van der Waals surface area (Å²) in [6.07, 6.45) is 2.35. The molecule has 2 atom stereocenters. The van der Waals surface area contributed by atoms with Crippen molar-refractivity contribution in [2.24, 2.45) is 0 Å². The molecule has 1 saturated heterocycles. The third-order valence-corrected chi connectivity index (χ3v) is 11.1. The Labute approximate surface area is 235 Å². The van der Waals surface area contributed by atoms with Crippen molar-refractivity contribution >= 4 is 36.7 Å². The van der Waals surface area contributed by atoms with Crippen LogP contribution in [0.15, 0.2) is 91.1 Å². The van der Waals surface area contributed by atoms with Crippen LogP contribution in [0.5, 0.6) is 0 Å². The summed E-state index contributed by atoms with van der Waals surface area (Å²) in [5.41, 5.74) is 2.81. The van der Waals surface area contributed by atoms with E-state index < -0.39 is 31.1 Å². The normalized spacial score (nSPS) is 17.2. The number of amides is 1. The molecular formula is C30H33N3O5S2. The maximum Gasteiger partial charge on any atom is 0.260 e. The number of sulfonamides is 1. The van der Waals surface area contributed by atoms with Gasteiger partial charge in [-0.25, -0.2) is 21.1 Å². The van der Waals surface area contributed by atoms with E-state index in [4.69, 9.17) is 0 Å². The molecule has 3 aromatic carbocycles. The number of sulfone groups is 1. The molecule has 0 aliphatic carbocycles. The Kier molecular flexibility index (Phi) is 7.85. The fourth-order valence-electron chi connectivity index (χ4n) is 5.41. The summed E-state index contributed by atoms with van der Waals surface area (Å²) in [7, 11) is -4.41. The van der Waals surface area contributed by atoms with Gasteiger partial charge in [0.15, 0.2) is 9.84 Å². The van der Waals surface area contributed by atoms with Gasteiger partial charge in [0, 0.05) is 50.2 Å². The van der Waals surface area contributed by atoms with Crippen LogP contribution in [0.3, 0.4) is 0 Å². The second-order valence-corrected chi connectivity index (χ2v) is 14.5. The van der Waals surface area contributed by atoms with Crippen LogP contribution in [-0.2, 0) is 36.2 Å². The first-order chi connectivity index (χ1) is 19.1. The highest BCUT2D eigenvalue weighted by molar-refractivity contribution is 7.91. The Morgan fingerprint density at radius 3 is 2.05 bits per heavy atom. The van der Waals surface area contributed by atoms with E-state index in [-0.39, 0.29) is 17.4 Å². The highest BCUT2D eigenvalue weighted by atomic mass is 32.2. The zero-order valence-corrected chi connectivity index (χ0v) is 24.2. The summed E-state index contributed by atoms with van der Waals surface area (Å²) in [5.74, 6) is -1.03. The lowest BCUT2D eigenvalue weighted by Crippen LogP contribution is -2.37. The van der Waals surface area contributed by atoms with Crippen LogP contribution in [0.2, 0.25) is 0 Å². The van der Waals surface area contributed by atoms with Gasteiger partial charge in [0.25, 0.3) is 5.91 Å². The standard InChI is InChI=1S/C30H33N3O5S2/c1-31(2)29(34)30(39(35,36)21-23-11-5-3-6-12-23)33-20-27(26-15-9-10-16-28(26)33)25-17-18-32(19-25)40(37,38)22-24-13-7-4-8-14-24/h3-16,20,25,30H,17-19,21-22H2,1-2H3. The third kappa shape index (κ3) is 5.70. The number of likely N-dealkylation sites (N-methyl/N-ethyl adjacent to an activating group) is 1. The summed E-state index contributed by atoms with van der Waals surface area (Å²) in [6.45, 7) is 0.679. The first-order valence-electron chi connectivity index (χ1n) is 13.1. The summed E-state index contributed by atoms with van der Waals surface area (Å²) in [4.78, 5) is 14.8. The van der Waals surface area contributed by atoms with Crippen molar-refractivity contribution in [3.8, 4) is 0 Å². The van der Waals surface area contributed by atoms with Gasteiger partial charge in [-0.1, -0.05) is 78.9 Å². The summed E-state index contributed by atoms with van der Waals surface area (Å²) in [5, 5.41) is -0.637. The molecule has 0 radical (unpaired) electrons. The van der Waals surface area contributed by atoms with E-state index in [2.05, 4.69) is 0 Å². The van der Waals surface area contributed by atoms with Crippen LogP contribution < -0.4 is 0 Å². The molecule has 1 amide bonds. The lowest BCUT2D eigenvalue weighted by molar-refractivity contribution is -0.129. The van der Waals surface area contributed by atoms with Crippen LogP contribution in [-0.4, -0.2) is 63.7 Å². The van der Waals surface area contributed by atoms with Crippen LogP contribution in [0.25, 0.3) is 10.9 Å². The average molecular weight is 580 g/mol. The van der Waals surface area contributed by atoms with Crippen molar-refractivity contribution < 1.29 is 21.6 Å². The quantitative estimate of drug-likeness (QED) is 0.297. The molecule has 1 fully saturated rings. The number of hydrogen-bond acceptors (Lipinski definition) is 5. The fraction of sp³-hybridized carbons (Fsp3) is 0.300. The molecule has 1 aliphatic heterocycles. The SMILES string of the molecule is CN(C)C(=O)C(n1cc(C2CCN(S(=O)(=O)Cc3ccccc3)C2)c2ccccc21)S(=O)(=O)Cc1ccccc1. The van der Waals surface area contributed by atoms with Gasteiger partial charge in [-0.05, 0) is 29.2 Å². The molecule has 40 heavy (non-hydrogen) atoms. The lowest BCUT2D eigenvalue weighted by atomic mass is 9.98. The minimum atomic E-state index is -3.98. The minimum Gasteiger partial charge on any atom is -0.346 e. The van der Waals surface area contributed by atoms with E-state index in [0.29, 0.717) is 30.6 Å². The maximum absolute atomic E-state index is 13.8. The monoisotopic (exact) mass is 579 g/mol. The van der Waals surface area contributed by atoms with Crippen molar-refractivity contribution in [2.45, 2.75) is 29.2 Å². The Bertz CT molecular complexity index is 1720. The molecule has 8 nitrogen and oxygen atoms in total. The molecule has 4 aromatic rings. The molecule has 0 spiro atoms. The van der Waals surface area contributed by atoms with Gasteiger partial charge in [-0.3, -0.25) is 4.79 Å². The third-order valence-electron chi connectivity index (χ3n) is 7.40. The predicted octanol–water partition coefficient (Wildman–Crippen LogP) is 4.16. The number of rotatable bonds is 9. The number of nitrogens with zero attached hydrogens (tertiary/aromatic N) is 3. The Morgan fingerprint density at radius 2 is 1.43 bits per heavy atom. The zero-order chi connectivity index (χ0) is 28.5. The second kappa shape index (κ2) is 11.2. The maximum atomic E-state index is 13.8. The van der Waals surface area contributed by atoms with Crippen LogP contribution in [0, 0.1) is 0 Å². The topological polar surface area (TPSA) is 96.8 Å². The molecule has 2 unspecified atom stereocenters. The molecule has 0 N–H and O–H groups in total. The van der Waals surface area contributed by atoms with Gasteiger partial charge in [0.1, 0.15) is 0 Å². The number of hydrogen-bond donors (Lipinski definition) is 0. The van der Waals surface area contributed by atoms with Crippen molar-refractivity contribution in [3.05, 3.63) is 108 Å². The van der Waals surface area contributed by atoms with Gasteiger partial charge in [0.05, 0.1) is 11.5 Å². The first-order valence-corrected chi connectivity index (χ1v) is 16.5. The molecule has 1 aliphatic rings. The summed E-state index contributed by atoms with van der Waals surface area (Å²) >= 11 is 0. The molecule has 5 rings (SSSR count). The molecule has 10 heteroatoms. The number of aromatic nitrogens is 1. The Hall–Kier alpha value is -3.47. The Balaban J connectivity index is 1.51. The number of benzene rings is 3. The molecule has 210 valence electrons. The number of fused-ring (bicyclic) bond motifs is 1. The highest BCUT2D eigenvalue weighted by Gasteiger charge is 2.39. The van der Waals surface area contributed by atoms with Gasteiger partial charge < -0.3 is 9.47 Å². The van der Waals surface area contributed by atoms with Crippen LogP contribution in [0.1, 0.15) is 34.4 Å². The first kappa shape index (κ1) is 28.1. The van der Waals surface area contributed by atoms with E-state index in [0.717, 1.165) is 16.5 Å². The molecule has 0 saturated carbocycles. The van der Waals surface area contributed by atoms with E-state index in [1.165, 1.54) is 9.21 Å². The van der Waals surface area contributed by atoms with Crippen molar-refractivity contribution in [2.75, 3.05) is 27.2 Å². The van der Waals surface area contributed by atoms with Crippen LogP contribution >= 0.6 is 0 Å². The van der Waals surface area contributed by atoms with E-state index in [9.17, 15) is 21.6 Å². The summed E-state index contributed by atoms with van der Waals surface area (Å²) in [6, 6.07) is 25.3. The van der Waals surface area contributed by atoms with Gasteiger partial charge in [-0.15, -0.1) is 0 Å². The molecular weight excluding hydrogens is 546 g/mol. The van der Waals surface area contributed by atoms with Gasteiger partial charge >= 0.3 is 0 Å². The highest BCUT2D eigenvalue weighted by Crippen LogP contribution is 2.38. The van der Waals surface area contributed by atoms with Crippen molar-refractivity contribution in [1.29, 1.82) is 0 Å². The van der Waals surface area contributed by atoms with E-state index in [1.54, 1.807) is 61.3 Å². The Morgan fingerprint density at radius 1 is 0.850 bits per heavy atom. The van der Waals surface area contributed by atoms with Crippen molar-refractivity contribution in [3.63, 3.8) is 0 Å². The van der Waals surface area contributed by atoms with Gasteiger partial charge in [0.2, 0.25) is 15.4 Å². The van der Waals surface area contributed by atoms with E-state index >= 15 is 0 Å². The van der Waals surface area contributed by atoms with E-state index in [1.807, 2.05) is 48.5 Å². The number of para-hydroxylation sites is 1. The number of carbonyl (C=O) groups is 1. The van der Waals surface area contributed by atoms with Gasteiger partial charge in [-0.2, -0.15) is 0 Å². The molecule has 2 heterocycles. The van der Waals surface area contributed by atoms with Crippen LogP contribution in [0.4, 0.5) is 0 Å². The average Bonchev–Trinajstić information content (AvgIpc) is 3.56. The minimum absolute atomic E-state index is 0.0700. The largest absolute Gasteiger partial charge is 0.346 e. The second-order valence-electron chi connectivity index (χ2n) is 10.5. The van der Waals surface area contributed by atoms with Crippen molar-refractivity contribution in [1.82, 2.24) is 13.8 Å². The molecule has 1 aromatic heterocycles. The zero-order valence-electron chi connectivity index (χ0n) is 22.5. The lowest BCUT2D eigenvalue weighted by Gasteiger charge is -2.23. The molecule has 0 bridgehead atoms. The fourth-order valence-corrected chi connectivity index (χ4v) is 8.85. The summed E-state index contributed by atoms with van der Waals surface area (Å²) < 4.78 is 57.2.